The van der Waals surface area contributed by atoms with Gasteiger partial charge in [-0.2, -0.15) is 13.2 Å². The topological polar surface area (TPSA) is 108 Å². The van der Waals surface area contributed by atoms with Crippen LogP contribution in [0.1, 0.15) is 6.42 Å². The summed E-state index contributed by atoms with van der Waals surface area (Å²) in [6.07, 6.45) is -4.61. The quantitative estimate of drug-likeness (QED) is 0.459. The van der Waals surface area contributed by atoms with Crippen molar-refractivity contribution in [2.24, 2.45) is 0 Å². The number of aliphatic hydroxyl groups is 1. The summed E-state index contributed by atoms with van der Waals surface area (Å²) in [5, 5.41) is 21.4. The predicted molar refractivity (Wildman–Crippen MR) is 56.5 cm³/mol. The summed E-state index contributed by atoms with van der Waals surface area (Å²) >= 11 is 0. The van der Waals surface area contributed by atoms with Crippen molar-refractivity contribution >= 4 is 12.0 Å². The number of carbonyl (C=O) groups excluding carboxylic acids is 1. The highest BCUT2D eigenvalue weighted by atomic mass is 19.4. The van der Waals surface area contributed by atoms with E-state index in [-0.39, 0.29) is 19.6 Å². The Hall–Kier alpha value is -1.55. The van der Waals surface area contributed by atoms with E-state index in [0.29, 0.717) is 0 Å². The number of rotatable bonds is 8. The van der Waals surface area contributed by atoms with Gasteiger partial charge in [0.2, 0.25) is 0 Å². The van der Waals surface area contributed by atoms with Crippen molar-refractivity contribution < 1.29 is 37.7 Å². The first-order chi connectivity index (χ1) is 8.76. The first-order valence-electron chi connectivity index (χ1n) is 5.29. The molecule has 1 unspecified atom stereocenters. The fourth-order valence-corrected chi connectivity index (χ4v) is 1.02. The van der Waals surface area contributed by atoms with E-state index >= 15 is 0 Å². The predicted octanol–water partition coefficient (Wildman–Crippen LogP) is -0.300. The molecule has 0 aliphatic rings. The van der Waals surface area contributed by atoms with Gasteiger partial charge in [0.05, 0.1) is 6.61 Å². The van der Waals surface area contributed by atoms with Crippen LogP contribution in [0, 0.1) is 0 Å². The second-order valence-corrected chi connectivity index (χ2v) is 3.47. The number of halogens is 3. The summed E-state index contributed by atoms with van der Waals surface area (Å²) in [5.41, 5.74) is 0. The van der Waals surface area contributed by atoms with Crippen LogP contribution in [0.2, 0.25) is 0 Å². The summed E-state index contributed by atoms with van der Waals surface area (Å²) in [4.78, 5) is 21.8. The van der Waals surface area contributed by atoms with Gasteiger partial charge < -0.3 is 25.6 Å². The molecule has 1 atom stereocenters. The maximum Gasteiger partial charge on any atom is 0.411 e. The molecular formula is C9H15F3N2O5. The SMILES string of the molecule is O=C(NCCOCC(F)(F)F)NC(CCO)C(=O)O. The van der Waals surface area contributed by atoms with Crippen molar-refractivity contribution in [3.05, 3.63) is 0 Å². The summed E-state index contributed by atoms with van der Waals surface area (Å²) in [6, 6.07) is -2.13. The Bertz CT molecular complexity index is 298. The van der Waals surface area contributed by atoms with Crippen LogP contribution in [-0.4, -0.2) is 60.8 Å². The molecule has 0 radical (unpaired) electrons. The normalized spacial score (nSPS) is 12.8. The molecule has 7 nitrogen and oxygen atoms in total. The number of urea groups is 1. The Morgan fingerprint density at radius 1 is 1.32 bits per heavy atom. The number of aliphatic hydroxyl groups excluding tert-OH is 1. The Morgan fingerprint density at radius 3 is 2.42 bits per heavy atom. The number of amides is 2. The zero-order valence-electron chi connectivity index (χ0n) is 9.87. The van der Waals surface area contributed by atoms with Gasteiger partial charge in [-0.15, -0.1) is 0 Å². The highest BCUT2D eigenvalue weighted by molar-refractivity contribution is 5.82. The molecule has 4 N–H and O–H groups in total. The molecule has 0 aromatic rings. The van der Waals surface area contributed by atoms with Crippen LogP contribution in [0.3, 0.4) is 0 Å². The molecule has 2 amide bonds. The van der Waals surface area contributed by atoms with Crippen molar-refractivity contribution in [1.29, 1.82) is 0 Å². The molecule has 0 aliphatic carbocycles. The average molecular weight is 288 g/mol. The third-order valence-corrected chi connectivity index (χ3v) is 1.82. The Labute approximate surface area is 106 Å². The molecule has 112 valence electrons. The molecule has 0 rings (SSSR count). The molecular weight excluding hydrogens is 273 g/mol. The second kappa shape index (κ2) is 8.53. The van der Waals surface area contributed by atoms with E-state index in [1.54, 1.807) is 0 Å². The molecule has 0 fully saturated rings. The van der Waals surface area contributed by atoms with Crippen LogP contribution in [0.4, 0.5) is 18.0 Å². The molecule has 0 aromatic heterocycles. The summed E-state index contributed by atoms with van der Waals surface area (Å²) in [5.74, 6) is -1.32. The molecule has 19 heavy (non-hydrogen) atoms. The van der Waals surface area contributed by atoms with Gasteiger partial charge in [-0.25, -0.2) is 9.59 Å². The van der Waals surface area contributed by atoms with Crippen molar-refractivity contribution in [3.8, 4) is 0 Å². The van der Waals surface area contributed by atoms with Crippen LogP contribution in [0.5, 0.6) is 0 Å². The molecule has 0 bridgehead atoms. The van der Waals surface area contributed by atoms with Gasteiger partial charge in [-0.05, 0) is 0 Å². The van der Waals surface area contributed by atoms with E-state index in [4.69, 9.17) is 10.2 Å². The standard InChI is InChI=1S/C9H15F3N2O5/c10-9(11,12)5-19-4-2-13-8(18)14-6(1-3-15)7(16)17/h6,15H,1-5H2,(H,16,17)(H2,13,14,18). The zero-order chi connectivity index (χ0) is 14.9. The van der Waals surface area contributed by atoms with Gasteiger partial charge in [-0.1, -0.05) is 0 Å². The van der Waals surface area contributed by atoms with E-state index in [1.807, 2.05) is 5.32 Å². The minimum atomic E-state index is -4.43. The summed E-state index contributed by atoms with van der Waals surface area (Å²) < 4.78 is 39.2. The van der Waals surface area contributed by atoms with Gasteiger partial charge in [0.15, 0.2) is 0 Å². The maximum absolute atomic E-state index is 11.7. The molecule has 0 saturated heterocycles. The minimum absolute atomic E-state index is 0.173. The number of hydrogen-bond acceptors (Lipinski definition) is 4. The number of carboxylic acid groups (broad SMARTS) is 1. The minimum Gasteiger partial charge on any atom is -0.480 e. The first-order valence-corrected chi connectivity index (χ1v) is 5.29. The lowest BCUT2D eigenvalue weighted by molar-refractivity contribution is -0.173. The van der Waals surface area contributed by atoms with Gasteiger partial charge in [0.1, 0.15) is 12.6 Å². The molecule has 0 heterocycles. The van der Waals surface area contributed by atoms with Gasteiger partial charge in [0, 0.05) is 19.6 Å². The monoisotopic (exact) mass is 288 g/mol. The van der Waals surface area contributed by atoms with Gasteiger partial charge in [-0.3, -0.25) is 0 Å². The van der Waals surface area contributed by atoms with Crippen LogP contribution in [0.25, 0.3) is 0 Å². The number of carbonyl (C=O) groups is 2. The van der Waals surface area contributed by atoms with Crippen LogP contribution >= 0.6 is 0 Å². The number of aliphatic carboxylic acids is 1. The Morgan fingerprint density at radius 2 is 1.95 bits per heavy atom. The van der Waals surface area contributed by atoms with E-state index in [9.17, 15) is 22.8 Å². The number of carboxylic acids is 1. The van der Waals surface area contributed by atoms with E-state index in [2.05, 4.69) is 10.1 Å². The number of nitrogens with one attached hydrogen (secondary N) is 2. The van der Waals surface area contributed by atoms with Crippen molar-refractivity contribution in [2.75, 3.05) is 26.4 Å². The lowest BCUT2D eigenvalue weighted by Crippen LogP contribution is -2.47. The highest BCUT2D eigenvalue weighted by Gasteiger charge is 2.27. The second-order valence-electron chi connectivity index (χ2n) is 3.47. The van der Waals surface area contributed by atoms with Crippen molar-refractivity contribution in [2.45, 2.75) is 18.6 Å². The van der Waals surface area contributed by atoms with Crippen LogP contribution < -0.4 is 10.6 Å². The van der Waals surface area contributed by atoms with Crippen molar-refractivity contribution in [3.63, 3.8) is 0 Å². The van der Waals surface area contributed by atoms with Crippen molar-refractivity contribution in [1.82, 2.24) is 10.6 Å². The lowest BCUT2D eigenvalue weighted by Gasteiger charge is -2.14. The smallest absolute Gasteiger partial charge is 0.411 e. The van der Waals surface area contributed by atoms with Crippen LogP contribution in [0.15, 0.2) is 0 Å². The average Bonchev–Trinajstić information content (AvgIpc) is 2.26. The zero-order valence-corrected chi connectivity index (χ0v) is 9.87. The molecule has 10 heteroatoms. The first kappa shape index (κ1) is 17.4. The molecule has 0 saturated carbocycles. The third kappa shape index (κ3) is 10.1. The fraction of sp³-hybridized carbons (Fsp3) is 0.778. The Kier molecular flexibility index (Phi) is 7.84. The summed E-state index contributed by atoms with van der Waals surface area (Å²) in [6.45, 7) is -2.40. The molecule has 0 spiro atoms. The number of alkyl halides is 3. The lowest BCUT2D eigenvalue weighted by atomic mass is 10.2. The van der Waals surface area contributed by atoms with E-state index < -0.39 is 37.4 Å². The molecule has 0 aromatic carbocycles. The van der Waals surface area contributed by atoms with Gasteiger partial charge in [0.25, 0.3) is 0 Å². The van der Waals surface area contributed by atoms with E-state index in [1.165, 1.54) is 0 Å². The molecule has 0 aliphatic heterocycles. The Balaban J connectivity index is 3.77. The number of hydrogen-bond donors (Lipinski definition) is 4. The van der Waals surface area contributed by atoms with Crippen LogP contribution in [-0.2, 0) is 9.53 Å². The number of ether oxygens (including phenoxy) is 1. The highest BCUT2D eigenvalue weighted by Crippen LogP contribution is 2.13. The fourth-order valence-electron chi connectivity index (χ4n) is 1.02. The maximum atomic E-state index is 11.7. The van der Waals surface area contributed by atoms with E-state index in [0.717, 1.165) is 0 Å². The summed E-state index contributed by atoms with van der Waals surface area (Å²) in [7, 11) is 0. The third-order valence-electron chi connectivity index (χ3n) is 1.82. The van der Waals surface area contributed by atoms with Gasteiger partial charge >= 0.3 is 18.2 Å². The largest absolute Gasteiger partial charge is 0.480 e.